The van der Waals surface area contributed by atoms with Crippen molar-refractivity contribution in [2.75, 3.05) is 12.0 Å². The molecule has 2 aromatic heterocycles. The fraction of sp³-hybridized carbons (Fsp3) is 0.360. The minimum Gasteiger partial charge on any atom is -0.495 e. The largest absolute Gasteiger partial charge is 0.495 e. The zero-order valence-electron chi connectivity index (χ0n) is 18.6. The number of anilines is 1. The number of aromatic nitrogens is 1. The molecular weight excluding hydrogens is 442 g/mol. The Morgan fingerprint density at radius 2 is 1.94 bits per heavy atom. The van der Waals surface area contributed by atoms with Crippen molar-refractivity contribution in [3.8, 4) is 17.2 Å². The second-order valence-electron chi connectivity index (χ2n) is 8.86. The lowest BCUT2D eigenvalue weighted by molar-refractivity contribution is -0.127. The number of amides is 2. The molecular formula is C25H26ClN3O4. The third kappa shape index (κ3) is 3.60. The molecule has 1 unspecified atom stereocenters. The van der Waals surface area contributed by atoms with Crippen LogP contribution in [-0.4, -0.2) is 35.1 Å². The van der Waals surface area contributed by atoms with E-state index in [1.54, 1.807) is 41.5 Å². The number of halogens is 1. The molecule has 0 bridgehead atoms. The number of fused-ring (bicyclic) bond motifs is 1. The number of hydrogen-bond acceptors (Lipinski definition) is 4. The van der Waals surface area contributed by atoms with Crippen molar-refractivity contribution in [1.29, 1.82) is 0 Å². The average Bonchev–Trinajstić information content (AvgIpc) is 3.55. The first kappa shape index (κ1) is 21.6. The van der Waals surface area contributed by atoms with Crippen LogP contribution >= 0.6 is 11.6 Å². The molecule has 33 heavy (non-hydrogen) atoms. The van der Waals surface area contributed by atoms with Crippen LogP contribution < -0.4 is 15.0 Å². The molecule has 172 valence electrons. The summed E-state index contributed by atoms with van der Waals surface area (Å²) in [4.78, 5) is 29.1. The molecule has 1 aromatic carbocycles. The summed E-state index contributed by atoms with van der Waals surface area (Å²) in [5, 5.41) is 3.57. The number of carbonyl (C=O) groups excluding carboxylic acids is 2. The number of furan rings is 1. The van der Waals surface area contributed by atoms with Gasteiger partial charge in [0.25, 0.3) is 5.91 Å². The number of hydrogen-bond donors (Lipinski definition) is 1. The van der Waals surface area contributed by atoms with E-state index in [-0.39, 0.29) is 24.4 Å². The maximum Gasteiger partial charge on any atom is 0.275 e. The van der Waals surface area contributed by atoms with Crippen LogP contribution in [0, 0.1) is 0 Å². The van der Waals surface area contributed by atoms with Crippen molar-refractivity contribution in [3.05, 3.63) is 59.4 Å². The molecule has 2 aliphatic rings. The van der Waals surface area contributed by atoms with Gasteiger partial charge in [-0.3, -0.25) is 14.5 Å². The van der Waals surface area contributed by atoms with Crippen LogP contribution in [0.1, 0.15) is 43.1 Å². The average molecular weight is 468 g/mol. The van der Waals surface area contributed by atoms with E-state index < -0.39 is 5.54 Å². The summed E-state index contributed by atoms with van der Waals surface area (Å²) in [5.41, 5.74) is 0.613. The van der Waals surface area contributed by atoms with Crippen molar-refractivity contribution < 1.29 is 18.7 Å². The minimum absolute atomic E-state index is 0.126. The highest BCUT2D eigenvalue weighted by molar-refractivity contribution is 6.32. The number of nitrogens with one attached hydrogen (secondary N) is 1. The molecule has 1 aliphatic heterocycles. The third-order valence-electron chi connectivity index (χ3n) is 6.71. The van der Waals surface area contributed by atoms with Gasteiger partial charge in [-0.1, -0.05) is 24.4 Å². The Balaban J connectivity index is 1.61. The molecule has 0 spiro atoms. The van der Waals surface area contributed by atoms with E-state index in [2.05, 4.69) is 5.32 Å². The molecule has 3 heterocycles. The molecule has 1 aliphatic carbocycles. The first-order valence-corrected chi connectivity index (χ1v) is 11.5. The van der Waals surface area contributed by atoms with Gasteiger partial charge in [0.05, 0.1) is 30.6 Å². The number of benzene rings is 1. The Labute approximate surface area is 197 Å². The van der Waals surface area contributed by atoms with Gasteiger partial charge in [-0.2, -0.15) is 0 Å². The molecule has 1 fully saturated rings. The monoisotopic (exact) mass is 467 g/mol. The van der Waals surface area contributed by atoms with E-state index in [0.29, 0.717) is 27.9 Å². The molecule has 5 rings (SSSR count). The molecule has 1 saturated carbocycles. The summed E-state index contributed by atoms with van der Waals surface area (Å²) in [7, 11) is 1.54. The van der Waals surface area contributed by atoms with Crippen molar-refractivity contribution in [3.63, 3.8) is 0 Å². The number of nitrogens with zero attached hydrogens (tertiary/aromatic N) is 2. The van der Waals surface area contributed by atoms with Crippen LogP contribution in [0.25, 0.3) is 11.5 Å². The van der Waals surface area contributed by atoms with Crippen LogP contribution in [0.5, 0.6) is 5.75 Å². The number of methoxy groups -OCH3 is 1. The van der Waals surface area contributed by atoms with Crippen molar-refractivity contribution >= 4 is 29.1 Å². The highest BCUT2D eigenvalue weighted by atomic mass is 35.5. The first-order valence-electron chi connectivity index (χ1n) is 11.1. The van der Waals surface area contributed by atoms with E-state index in [0.717, 1.165) is 31.4 Å². The fourth-order valence-electron chi connectivity index (χ4n) is 4.96. The maximum absolute atomic E-state index is 13.8. The molecule has 0 saturated heterocycles. The molecule has 7 nitrogen and oxygen atoms in total. The van der Waals surface area contributed by atoms with Gasteiger partial charge in [0, 0.05) is 11.7 Å². The minimum atomic E-state index is -1.18. The standard InChI is InChI=1S/C25H26ClN3O4/c1-25(24(31)27-16-6-3-4-7-16)15-28-19(22-8-5-13-33-22)10-11-20(28)23(30)29(25)17-9-12-21(32-2)18(26)14-17/h5,8-14,16H,3-4,6-7,15H2,1-2H3,(H,27,31). The third-order valence-corrected chi connectivity index (χ3v) is 7.00. The van der Waals surface area contributed by atoms with Gasteiger partial charge in [0.1, 0.15) is 22.7 Å². The van der Waals surface area contributed by atoms with Crippen molar-refractivity contribution in [1.82, 2.24) is 9.88 Å². The summed E-state index contributed by atoms with van der Waals surface area (Å²) in [6, 6.07) is 12.5. The summed E-state index contributed by atoms with van der Waals surface area (Å²) in [6.45, 7) is 2.08. The summed E-state index contributed by atoms with van der Waals surface area (Å²) in [5.74, 6) is 0.697. The normalized spacial score (nSPS) is 20.7. The van der Waals surface area contributed by atoms with Gasteiger partial charge in [-0.25, -0.2) is 0 Å². The fourth-order valence-corrected chi connectivity index (χ4v) is 5.21. The second-order valence-corrected chi connectivity index (χ2v) is 9.26. The number of carbonyl (C=O) groups is 2. The molecule has 8 heteroatoms. The lowest BCUT2D eigenvalue weighted by Gasteiger charge is -2.44. The van der Waals surface area contributed by atoms with Crippen LogP contribution in [0.15, 0.2) is 53.1 Å². The molecule has 2 amide bonds. The Morgan fingerprint density at radius 1 is 1.18 bits per heavy atom. The molecule has 0 radical (unpaired) electrons. The second kappa shape index (κ2) is 8.30. The first-order chi connectivity index (χ1) is 15.9. The van der Waals surface area contributed by atoms with Crippen molar-refractivity contribution in [2.45, 2.75) is 50.7 Å². The SMILES string of the molecule is COc1ccc(N2C(=O)c3ccc(-c4ccco4)n3CC2(C)C(=O)NC2CCCC2)cc1Cl. The smallest absolute Gasteiger partial charge is 0.275 e. The highest BCUT2D eigenvalue weighted by Gasteiger charge is 2.49. The molecule has 1 N–H and O–H groups in total. The van der Waals surface area contributed by atoms with Gasteiger partial charge in [-0.05, 0) is 62.2 Å². The zero-order valence-corrected chi connectivity index (χ0v) is 19.4. The predicted octanol–water partition coefficient (Wildman–Crippen LogP) is 4.89. The zero-order chi connectivity index (χ0) is 23.2. The lowest BCUT2D eigenvalue weighted by atomic mass is 9.93. The van der Waals surface area contributed by atoms with E-state index in [1.807, 2.05) is 23.6 Å². The van der Waals surface area contributed by atoms with Crippen molar-refractivity contribution in [2.24, 2.45) is 0 Å². The summed E-state index contributed by atoms with van der Waals surface area (Å²) >= 11 is 6.40. The van der Waals surface area contributed by atoms with E-state index in [4.69, 9.17) is 20.8 Å². The quantitative estimate of drug-likeness (QED) is 0.579. The summed E-state index contributed by atoms with van der Waals surface area (Å²) < 4.78 is 12.7. The predicted molar refractivity (Wildman–Crippen MR) is 126 cm³/mol. The lowest BCUT2D eigenvalue weighted by Crippen LogP contribution is -2.65. The Kier molecular flexibility index (Phi) is 5.44. The van der Waals surface area contributed by atoms with Crippen LogP contribution in [0.2, 0.25) is 5.02 Å². The Morgan fingerprint density at radius 3 is 2.61 bits per heavy atom. The Hall–Kier alpha value is -3.19. The maximum atomic E-state index is 13.8. The van der Waals surface area contributed by atoms with E-state index >= 15 is 0 Å². The van der Waals surface area contributed by atoms with Gasteiger partial charge in [0.15, 0.2) is 0 Å². The Bertz CT molecular complexity index is 1200. The van der Waals surface area contributed by atoms with E-state index in [9.17, 15) is 9.59 Å². The molecule has 3 aromatic rings. The van der Waals surface area contributed by atoms with Crippen LogP contribution in [-0.2, 0) is 11.3 Å². The van der Waals surface area contributed by atoms with Gasteiger partial charge in [-0.15, -0.1) is 0 Å². The van der Waals surface area contributed by atoms with Crippen LogP contribution in [0.4, 0.5) is 5.69 Å². The number of rotatable bonds is 5. The summed E-state index contributed by atoms with van der Waals surface area (Å²) in [6.07, 6.45) is 5.70. The molecule has 1 atom stereocenters. The van der Waals surface area contributed by atoms with Gasteiger partial charge in [0.2, 0.25) is 5.91 Å². The van der Waals surface area contributed by atoms with Gasteiger partial charge >= 0.3 is 0 Å². The topological polar surface area (TPSA) is 76.7 Å². The highest BCUT2D eigenvalue weighted by Crippen LogP contribution is 2.39. The van der Waals surface area contributed by atoms with E-state index in [1.165, 1.54) is 7.11 Å². The van der Waals surface area contributed by atoms with Crippen LogP contribution in [0.3, 0.4) is 0 Å². The number of ether oxygens (including phenoxy) is 1. The van der Waals surface area contributed by atoms with Gasteiger partial charge < -0.3 is 19.0 Å².